The van der Waals surface area contributed by atoms with Gasteiger partial charge in [-0.3, -0.25) is 0 Å². The molecule has 106 valence electrons. The van der Waals surface area contributed by atoms with Crippen LogP contribution in [0, 0.1) is 0 Å². The topological polar surface area (TPSA) is 49.0 Å². The van der Waals surface area contributed by atoms with Crippen molar-refractivity contribution in [1.82, 2.24) is 5.32 Å². The molecular formula is C14H21NO4. The maximum atomic E-state index is 5.83. The van der Waals surface area contributed by atoms with Gasteiger partial charge in [-0.05, 0) is 12.1 Å². The summed E-state index contributed by atoms with van der Waals surface area (Å²) in [4.78, 5) is 0. The molecule has 1 atom stereocenters. The molecular weight excluding hydrogens is 246 g/mol. The highest BCUT2D eigenvalue weighted by Crippen LogP contribution is 2.30. The van der Waals surface area contributed by atoms with E-state index in [4.69, 9.17) is 18.9 Å². The predicted molar refractivity (Wildman–Crippen MR) is 71.9 cm³/mol. The number of hydrogen-bond acceptors (Lipinski definition) is 5. The fraction of sp³-hybridized carbons (Fsp3) is 0.571. The maximum absolute atomic E-state index is 5.83. The van der Waals surface area contributed by atoms with E-state index in [0.717, 1.165) is 24.6 Å². The van der Waals surface area contributed by atoms with Gasteiger partial charge in [-0.15, -0.1) is 0 Å². The van der Waals surface area contributed by atoms with Crippen LogP contribution in [0.3, 0.4) is 0 Å². The first-order chi connectivity index (χ1) is 9.40. The highest BCUT2D eigenvalue weighted by molar-refractivity contribution is 5.40. The van der Waals surface area contributed by atoms with Crippen LogP contribution in [0.1, 0.15) is 0 Å². The Hall–Kier alpha value is -1.30. The van der Waals surface area contributed by atoms with Gasteiger partial charge < -0.3 is 24.3 Å². The molecule has 0 saturated carbocycles. The lowest BCUT2D eigenvalue weighted by Gasteiger charge is -2.26. The van der Waals surface area contributed by atoms with Crippen molar-refractivity contribution in [3.63, 3.8) is 0 Å². The molecule has 0 bridgehead atoms. The van der Waals surface area contributed by atoms with Crippen LogP contribution >= 0.6 is 0 Å². The molecule has 1 N–H and O–H groups in total. The smallest absolute Gasteiger partial charge is 0.161 e. The van der Waals surface area contributed by atoms with Crippen molar-refractivity contribution in [3.05, 3.63) is 24.3 Å². The highest BCUT2D eigenvalue weighted by Gasteiger charge is 2.19. The van der Waals surface area contributed by atoms with E-state index in [1.807, 2.05) is 24.3 Å². The summed E-state index contributed by atoms with van der Waals surface area (Å²) in [7, 11) is 1.67. The van der Waals surface area contributed by atoms with E-state index in [-0.39, 0.29) is 6.10 Å². The van der Waals surface area contributed by atoms with E-state index in [2.05, 4.69) is 5.32 Å². The summed E-state index contributed by atoms with van der Waals surface area (Å²) in [5.74, 6) is 1.64. The van der Waals surface area contributed by atoms with Crippen molar-refractivity contribution >= 4 is 0 Å². The van der Waals surface area contributed by atoms with Crippen molar-refractivity contribution in [2.24, 2.45) is 0 Å². The van der Waals surface area contributed by atoms with Gasteiger partial charge in [0.25, 0.3) is 0 Å². The van der Waals surface area contributed by atoms with E-state index < -0.39 is 0 Å². The van der Waals surface area contributed by atoms with Gasteiger partial charge in [0.2, 0.25) is 0 Å². The molecule has 2 rings (SSSR count). The number of nitrogens with one attached hydrogen (secondary N) is 1. The van der Waals surface area contributed by atoms with E-state index >= 15 is 0 Å². The van der Waals surface area contributed by atoms with Crippen molar-refractivity contribution in [1.29, 1.82) is 0 Å². The van der Waals surface area contributed by atoms with Gasteiger partial charge in [-0.1, -0.05) is 12.1 Å². The molecule has 5 heteroatoms. The Bertz CT molecular complexity index is 372. The van der Waals surface area contributed by atoms with Crippen LogP contribution in [0.15, 0.2) is 24.3 Å². The van der Waals surface area contributed by atoms with E-state index in [0.29, 0.717) is 26.4 Å². The van der Waals surface area contributed by atoms with E-state index in [1.54, 1.807) is 7.11 Å². The second-order valence-electron chi connectivity index (χ2n) is 4.31. The SMILES string of the molecule is COCCOCCNC[C@@H]1COc2ccccc2O1. The van der Waals surface area contributed by atoms with Crippen molar-refractivity contribution in [3.8, 4) is 11.5 Å². The highest BCUT2D eigenvalue weighted by atomic mass is 16.6. The molecule has 5 nitrogen and oxygen atoms in total. The van der Waals surface area contributed by atoms with Crippen LogP contribution in [-0.2, 0) is 9.47 Å². The molecule has 1 aromatic carbocycles. The maximum Gasteiger partial charge on any atom is 0.161 e. The van der Waals surface area contributed by atoms with Crippen LogP contribution in [-0.4, -0.2) is 52.7 Å². The number of rotatable bonds is 8. The molecule has 0 fully saturated rings. The molecule has 1 aromatic rings. The number of ether oxygens (including phenoxy) is 4. The molecule has 1 heterocycles. The van der Waals surface area contributed by atoms with Crippen LogP contribution < -0.4 is 14.8 Å². The molecule has 0 aromatic heterocycles. The number of fused-ring (bicyclic) bond motifs is 1. The largest absolute Gasteiger partial charge is 0.486 e. The first-order valence-electron chi connectivity index (χ1n) is 6.56. The Kier molecular flexibility index (Phi) is 5.94. The molecule has 19 heavy (non-hydrogen) atoms. The summed E-state index contributed by atoms with van der Waals surface area (Å²) in [6.45, 7) is 4.07. The molecule has 0 amide bonds. The first kappa shape index (κ1) is 14.1. The third kappa shape index (κ3) is 4.70. The van der Waals surface area contributed by atoms with Gasteiger partial charge in [0.15, 0.2) is 11.5 Å². The minimum atomic E-state index is 0.0499. The van der Waals surface area contributed by atoms with Crippen LogP contribution in [0.5, 0.6) is 11.5 Å². The Morgan fingerprint density at radius 1 is 1.21 bits per heavy atom. The van der Waals surface area contributed by atoms with Gasteiger partial charge in [-0.25, -0.2) is 0 Å². The molecule has 1 aliphatic rings. The zero-order valence-electron chi connectivity index (χ0n) is 11.3. The summed E-state index contributed by atoms with van der Waals surface area (Å²) in [5, 5.41) is 3.29. The fourth-order valence-electron chi connectivity index (χ4n) is 1.82. The van der Waals surface area contributed by atoms with Crippen molar-refractivity contribution in [2.45, 2.75) is 6.10 Å². The first-order valence-corrected chi connectivity index (χ1v) is 6.56. The van der Waals surface area contributed by atoms with Gasteiger partial charge in [-0.2, -0.15) is 0 Å². The second-order valence-corrected chi connectivity index (χ2v) is 4.31. The molecule has 0 aliphatic carbocycles. The third-order valence-corrected chi connectivity index (χ3v) is 2.79. The summed E-state index contributed by atoms with van der Waals surface area (Å²) in [6, 6.07) is 7.73. The average molecular weight is 267 g/mol. The number of para-hydroxylation sites is 2. The third-order valence-electron chi connectivity index (χ3n) is 2.79. The van der Waals surface area contributed by atoms with Crippen molar-refractivity contribution < 1.29 is 18.9 Å². The second kappa shape index (κ2) is 7.99. The normalized spacial score (nSPS) is 17.4. The number of hydrogen-bond donors (Lipinski definition) is 1. The summed E-state index contributed by atoms with van der Waals surface area (Å²) in [5.41, 5.74) is 0. The predicted octanol–water partition coefficient (Wildman–Crippen LogP) is 1.08. The summed E-state index contributed by atoms with van der Waals surface area (Å²) >= 11 is 0. The zero-order chi connectivity index (χ0) is 13.3. The lowest BCUT2D eigenvalue weighted by molar-refractivity contribution is 0.0662. The Labute approximate surface area is 113 Å². The summed E-state index contributed by atoms with van der Waals surface area (Å²) < 4.78 is 21.7. The molecule has 0 unspecified atom stereocenters. The summed E-state index contributed by atoms with van der Waals surface area (Å²) in [6.07, 6.45) is 0.0499. The van der Waals surface area contributed by atoms with Crippen LogP contribution in [0.25, 0.3) is 0 Å². The van der Waals surface area contributed by atoms with Crippen LogP contribution in [0.4, 0.5) is 0 Å². The molecule has 0 saturated heterocycles. The lowest BCUT2D eigenvalue weighted by Crippen LogP contribution is -2.39. The van der Waals surface area contributed by atoms with Crippen molar-refractivity contribution in [2.75, 3.05) is 46.6 Å². The minimum absolute atomic E-state index is 0.0499. The molecule has 0 radical (unpaired) electrons. The minimum Gasteiger partial charge on any atom is -0.486 e. The molecule has 0 spiro atoms. The van der Waals surface area contributed by atoms with Gasteiger partial charge in [0.05, 0.1) is 19.8 Å². The Morgan fingerprint density at radius 3 is 2.89 bits per heavy atom. The van der Waals surface area contributed by atoms with Gasteiger partial charge >= 0.3 is 0 Å². The number of benzene rings is 1. The Morgan fingerprint density at radius 2 is 2.05 bits per heavy atom. The number of methoxy groups -OCH3 is 1. The molecule has 1 aliphatic heterocycles. The fourth-order valence-corrected chi connectivity index (χ4v) is 1.82. The lowest BCUT2D eigenvalue weighted by atomic mass is 10.2. The van der Waals surface area contributed by atoms with Gasteiger partial charge in [0.1, 0.15) is 12.7 Å². The average Bonchev–Trinajstić information content (AvgIpc) is 2.46. The van der Waals surface area contributed by atoms with Gasteiger partial charge in [0, 0.05) is 20.2 Å². The van der Waals surface area contributed by atoms with E-state index in [1.165, 1.54) is 0 Å². The van der Waals surface area contributed by atoms with Crippen LogP contribution in [0.2, 0.25) is 0 Å². The quantitative estimate of drug-likeness (QED) is 0.714. The standard InChI is InChI=1S/C14H21NO4/c1-16-8-9-17-7-6-15-10-12-11-18-13-4-2-3-5-14(13)19-12/h2-5,12,15H,6-11H2,1H3/t12-/m1/s1. The Balaban J connectivity index is 1.58. The van der Waals surface area contributed by atoms with E-state index in [9.17, 15) is 0 Å². The monoisotopic (exact) mass is 267 g/mol. The zero-order valence-corrected chi connectivity index (χ0v) is 11.3.